The van der Waals surface area contributed by atoms with Crippen LogP contribution in [0.5, 0.6) is 0 Å². The van der Waals surface area contributed by atoms with Crippen molar-refractivity contribution in [3.63, 3.8) is 0 Å². The van der Waals surface area contributed by atoms with E-state index in [0.29, 0.717) is 12.0 Å². The molecule has 2 unspecified atom stereocenters. The van der Waals surface area contributed by atoms with Crippen LogP contribution in [0, 0.1) is 0 Å². The van der Waals surface area contributed by atoms with Gasteiger partial charge in [0.1, 0.15) is 0 Å². The number of guanidine groups is 1. The quantitative estimate of drug-likeness (QED) is 0.400. The van der Waals surface area contributed by atoms with Crippen LogP contribution in [-0.2, 0) is 0 Å². The van der Waals surface area contributed by atoms with E-state index in [1.54, 1.807) is 0 Å². The maximum absolute atomic E-state index is 10.0. The Balaban J connectivity index is 1.85. The Labute approximate surface area is 110 Å². The largest absolute Gasteiger partial charge is 0.391 e. The molecule has 2 saturated carbocycles. The molecule has 2 fully saturated rings. The molecule has 0 saturated heterocycles. The van der Waals surface area contributed by atoms with Crippen molar-refractivity contribution in [1.29, 1.82) is 0 Å². The van der Waals surface area contributed by atoms with Crippen LogP contribution in [0.1, 0.15) is 64.2 Å². The lowest BCUT2D eigenvalue weighted by molar-refractivity contribution is 0.138. The number of hydrogen-bond acceptors (Lipinski definition) is 2. The maximum Gasteiger partial charge on any atom is 0.189 e. The van der Waals surface area contributed by atoms with Gasteiger partial charge < -0.3 is 16.2 Å². The lowest BCUT2D eigenvalue weighted by Gasteiger charge is -2.24. The maximum atomic E-state index is 10.0. The highest BCUT2D eigenvalue weighted by Gasteiger charge is 2.21. The van der Waals surface area contributed by atoms with Gasteiger partial charge in [-0.1, -0.05) is 38.5 Å². The summed E-state index contributed by atoms with van der Waals surface area (Å²) in [5, 5.41) is 13.3. The number of hydrogen-bond donors (Lipinski definition) is 3. The van der Waals surface area contributed by atoms with Crippen molar-refractivity contribution >= 4 is 5.96 Å². The van der Waals surface area contributed by atoms with Gasteiger partial charge in [0.15, 0.2) is 5.96 Å². The van der Waals surface area contributed by atoms with Crippen molar-refractivity contribution in [2.45, 2.75) is 82.4 Å². The van der Waals surface area contributed by atoms with Crippen molar-refractivity contribution in [2.75, 3.05) is 0 Å². The molecule has 104 valence electrons. The highest BCUT2D eigenvalue weighted by molar-refractivity contribution is 5.78. The summed E-state index contributed by atoms with van der Waals surface area (Å²) < 4.78 is 0. The van der Waals surface area contributed by atoms with E-state index in [9.17, 15) is 5.11 Å². The molecule has 2 atom stereocenters. The Bertz CT molecular complexity index is 274. The van der Waals surface area contributed by atoms with Gasteiger partial charge in [0.05, 0.1) is 12.1 Å². The molecule has 0 heterocycles. The second-order valence-electron chi connectivity index (χ2n) is 5.77. The summed E-state index contributed by atoms with van der Waals surface area (Å²) in [5.74, 6) is 0.535. The van der Waals surface area contributed by atoms with Crippen molar-refractivity contribution in [1.82, 2.24) is 5.32 Å². The SMILES string of the molecule is NC(=NC1CCCCCC1O)NC1CCCCC1. The van der Waals surface area contributed by atoms with Crippen LogP contribution in [0.15, 0.2) is 4.99 Å². The topological polar surface area (TPSA) is 70.6 Å². The van der Waals surface area contributed by atoms with Crippen LogP contribution < -0.4 is 11.1 Å². The molecule has 0 aromatic rings. The third-order valence-electron chi connectivity index (χ3n) is 4.21. The van der Waals surface area contributed by atoms with E-state index in [-0.39, 0.29) is 12.1 Å². The van der Waals surface area contributed by atoms with Gasteiger partial charge in [0, 0.05) is 6.04 Å². The smallest absolute Gasteiger partial charge is 0.189 e. The molecule has 0 aromatic heterocycles. The average molecular weight is 253 g/mol. The predicted octanol–water partition coefficient (Wildman–Crippen LogP) is 1.92. The summed E-state index contributed by atoms with van der Waals surface area (Å²) in [6.45, 7) is 0. The first-order valence-corrected chi connectivity index (χ1v) is 7.53. The first-order chi connectivity index (χ1) is 8.75. The highest BCUT2D eigenvalue weighted by atomic mass is 16.3. The first kappa shape index (κ1) is 13.7. The summed E-state index contributed by atoms with van der Waals surface area (Å²) >= 11 is 0. The summed E-state index contributed by atoms with van der Waals surface area (Å²) in [5.41, 5.74) is 5.98. The number of nitrogens with one attached hydrogen (secondary N) is 1. The Morgan fingerprint density at radius 1 is 0.944 bits per heavy atom. The van der Waals surface area contributed by atoms with E-state index in [2.05, 4.69) is 10.3 Å². The second-order valence-corrected chi connectivity index (χ2v) is 5.77. The van der Waals surface area contributed by atoms with Crippen LogP contribution in [0.25, 0.3) is 0 Å². The summed E-state index contributed by atoms with van der Waals surface area (Å²) in [7, 11) is 0. The van der Waals surface area contributed by atoms with E-state index in [4.69, 9.17) is 5.73 Å². The Morgan fingerprint density at radius 2 is 1.56 bits per heavy atom. The molecule has 0 amide bonds. The van der Waals surface area contributed by atoms with E-state index < -0.39 is 0 Å². The lowest BCUT2D eigenvalue weighted by atomic mass is 9.96. The minimum Gasteiger partial charge on any atom is -0.391 e. The monoisotopic (exact) mass is 253 g/mol. The van der Waals surface area contributed by atoms with Crippen LogP contribution in [0.4, 0.5) is 0 Å². The van der Waals surface area contributed by atoms with Crippen molar-refractivity contribution in [3.8, 4) is 0 Å². The van der Waals surface area contributed by atoms with E-state index in [1.807, 2.05) is 0 Å². The predicted molar refractivity (Wildman–Crippen MR) is 74.5 cm³/mol. The number of rotatable bonds is 2. The molecular weight excluding hydrogens is 226 g/mol. The minimum absolute atomic E-state index is 0.00332. The number of aliphatic hydroxyl groups excluding tert-OH is 1. The van der Waals surface area contributed by atoms with E-state index in [1.165, 1.54) is 38.5 Å². The zero-order chi connectivity index (χ0) is 12.8. The molecule has 0 aromatic carbocycles. The summed E-state index contributed by atoms with van der Waals surface area (Å²) in [6.07, 6.45) is 11.3. The number of aliphatic hydroxyl groups is 1. The average Bonchev–Trinajstić information content (AvgIpc) is 2.56. The highest BCUT2D eigenvalue weighted by Crippen LogP contribution is 2.21. The molecule has 4 heteroatoms. The lowest BCUT2D eigenvalue weighted by Crippen LogP contribution is -2.42. The van der Waals surface area contributed by atoms with E-state index in [0.717, 1.165) is 25.7 Å². The van der Waals surface area contributed by atoms with Crippen molar-refractivity contribution < 1.29 is 5.11 Å². The molecule has 0 radical (unpaired) electrons. The van der Waals surface area contributed by atoms with Gasteiger partial charge in [-0.25, -0.2) is 4.99 Å². The number of nitrogens with two attached hydrogens (primary N) is 1. The van der Waals surface area contributed by atoms with Crippen LogP contribution >= 0.6 is 0 Å². The zero-order valence-electron chi connectivity index (χ0n) is 11.3. The number of nitrogens with zero attached hydrogens (tertiary/aromatic N) is 1. The van der Waals surface area contributed by atoms with Gasteiger partial charge in [-0.15, -0.1) is 0 Å². The molecule has 0 aliphatic heterocycles. The van der Waals surface area contributed by atoms with Gasteiger partial charge in [-0.3, -0.25) is 0 Å². The fourth-order valence-corrected chi connectivity index (χ4v) is 3.09. The second kappa shape index (κ2) is 6.98. The van der Waals surface area contributed by atoms with Crippen LogP contribution in [0.2, 0.25) is 0 Å². The zero-order valence-corrected chi connectivity index (χ0v) is 11.3. The molecule has 0 spiro atoms. The summed E-state index contributed by atoms with van der Waals surface area (Å²) in [4.78, 5) is 4.50. The molecule has 4 N–H and O–H groups in total. The molecule has 2 aliphatic carbocycles. The molecular formula is C14H27N3O. The molecule has 2 rings (SSSR count). The molecule has 4 nitrogen and oxygen atoms in total. The van der Waals surface area contributed by atoms with Gasteiger partial charge in [-0.05, 0) is 25.7 Å². The molecule has 18 heavy (non-hydrogen) atoms. The Hall–Kier alpha value is -0.770. The third-order valence-corrected chi connectivity index (χ3v) is 4.21. The van der Waals surface area contributed by atoms with Crippen molar-refractivity contribution in [2.24, 2.45) is 10.7 Å². The summed E-state index contributed by atoms with van der Waals surface area (Å²) in [6, 6.07) is 0.494. The standard InChI is InChI=1S/C14H27N3O/c15-14(16-11-7-3-1-4-8-11)17-12-9-5-2-6-10-13(12)18/h11-13,18H,1-10H2,(H3,15,16,17). The van der Waals surface area contributed by atoms with Crippen LogP contribution in [0.3, 0.4) is 0 Å². The van der Waals surface area contributed by atoms with E-state index >= 15 is 0 Å². The molecule has 0 bridgehead atoms. The van der Waals surface area contributed by atoms with Gasteiger partial charge >= 0.3 is 0 Å². The third kappa shape index (κ3) is 4.16. The molecule has 2 aliphatic rings. The van der Waals surface area contributed by atoms with Crippen molar-refractivity contribution in [3.05, 3.63) is 0 Å². The van der Waals surface area contributed by atoms with Crippen LogP contribution in [-0.4, -0.2) is 29.3 Å². The first-order valence-electron chi connectivity index (χ1n) is 7.53. The van der Waals surface area contributed by atoms with Gasteiger partial charge in [0.25, 0.3) is 0 Å². The Kier molecular flexibility index (Phi) is 5.29. The van der Waals surface area contributed by atoms with Gasteiger partial charge in [-0.2, -0.15) is 0 Å². The fraction of sp³-hybridized carbons (Fsp3) is 0.929. The fourth-order valence-electron chi connectivity index (χ4n) is 3.09. The minimum atomic E-state index is -0.306. The number of aliphatic imine (C=N–C) groups is 1. The Morgan fingerprint density at radius 3 is 2.28 bits per heavy atom. The normalized spacial score (nSPS) is 31.9. The van der Waals surface area contributed by atoms with Gasteiger partial charge in [0.2, 0.25) is 0 Å².